The van der Waals surface area contributed by atoms with Gasteiger partial charge in [-0.15, -0.1) is 0 Å². The van der Waals surface area contributed by atoms with Crippen LogP contribution >= 0.6 is 0 Å². The van der Waals surface area contributed by atoms with Gasteiger partial charge in [0, 0.05) is 19.7 Å². The van der Waals surface area contributed by atoms with Crippen LogP contribution in [0.4, 0.5) is 0 Å². The van der Waals surface area contributed by atoms with E-state index in [1.807, 2.05) is 0 Å². The number of rotatable bonds is 5. The highest BCUT2D eigenvalue weighted by Crippen LogP contribution is 2.29. The van der Waals surface area contributed by atoms with E-state index in [2.05, 4.69) is 40.5 Å². The predicted octanol–water partition coefficient (Wildman–Crippen LogP) is 2.06. The molecule has 3 nitrogen and oxygen atoms in total. The van der Waals surface area contributed by atoms with Crippen LogP contribution in [0.15, 0.2) is 30.3 Å². The molecule has 4 rings (SSSR count). The average Bonchev–Trinajstić information content (AvgIpc) is 2.49. The van der Waals surface area contributed by atoms with E-state index >= 15 is 0 Å². The zero-order valence-electron chi connectivity index (χ0n) is 11.7. The molecule has 104 valence electrons. The summed E-state index contributed by atoms with van der Waals surface area (Å²) in [4.78, 5) is 2.59. The quantitative estimate of drug-likeness (QED) is 0.877. The van der Waals surface area contributed by atoms with Crippen LogP contribution in [0.2, 0.25) is 0 Å². The van der Waals surface area contributed by atoms with Gasteiger partial charge in [-0.25, -0.2) is 0 Å². The van der Waals surface area contributed by atoms with Gasteiger partial charge in [0.25, 0.3) is 0 Å². The summed E-state index contributed by atoms with van der Waals surface area (Å²) < 4.78 is 5.40. The summed E-state index contributed by atoms with van der Waals surface area (Å²) in [5, 5.41) is 3.84. The van der Waals surface area contributed by atoms with Gasteiger partial charge in [0.05, 0.1) is 12.6 Å². The molecule has 3 heteroatoms. The molecule has 2 bridgehead atoms. The Morgan fingerprint density at radius 1 is 1.26 bits per heavy atom. The van der Waals surface area contributed by atoms with Crippen molar-refractivity contribution in [1.29, 1.82) is 0 Å². The lowest BCUT2D eigenvalue weighted by molar-refractivity contribution is 0.0574. The maximum Gasteiger partial charge on any atom is 0.0657 e. The molecule has 1 N–H and O–H groups in total. The third-order valence-corrected chi connectivity index (χ3v) is 4.61. The molecule has 3 fully saturated rings. The van der Waals surface area contributed by atoms with Crippen LogP contribution in [0.25, 0.3) is 0 Å². The van der Waals surface area contributed by atoms with Crippen molar-refractivity contribution in [1.82, 2.24) is 10.2 Å². The maximum atomic E-state index is 5.40. The summed E-state index contributed by atoms with van der Waals surface area (Å²) in [6, 6.07) is 11.6. The van der Waals surface area contributed by atoms with Crippen molar-refractivity contribution in [2.24, 2.45) is 5.92 Å². The number of hydrogen-bond acceptors (Lipinski definition) is 3. The van der Waals surface area contributed by atoms with Gasteiger partial charge in [-0.2, -0.15) is 0 Å². The number of ether oxygens (including phenoxy) is 1. The van der Waals surface area contributed by atoms with Gasteiger partial charge in [0.1, 0.15) is 0 Å². The lowest BCUT2D eigenvalue weighted by atomic mass is 9.83. The first-order chi connectivity index (χ1) is 9.36. The Morgan fingerprint density at radius 2 is 2.00 bits per heavy atom. The zero-order chi connectivity index (χ0) is 13.1. The van der Waals surface area contributed by atoms with Crippen molar-refractivity contribution in [2.75, 3.05) is 33.4 Å². The van der Waals surface area contributed by atoms with E-state index in [-0.39, 0.29) is 0 Å². The number of benzene rings is 1. The minimum Gasteiger partial charge on any atom is -0.383 e. The summed E-state index contributed by atoms with van der Waals surface area (Å²) in [5.74, 6) is 0.855. The Bertz CT molecular complexity index is 387. The van der Waals surface area contributed by atoms with E-state index in [0.29, 0.717) is 12.1 Å². The predicted molar refractivity (Wildman–Crippen MR) is 77.1 cm³/mol. The number of nitrogens with one attached hydrogen (secondary N) is 1. The molecular weight excluding hydrogens is 236 g/mol. The number of piperidine rings is 3. The minimum absolute atomic E-state index is 0.316. The van der Waals surface area contributed by atoms with Gasteiger partial charge in [-0.1, -0.05) is 30.3 Å². The molecule has 2 atom stereocenters. The molecule has 0 spiro atoms. The van der Waals surface area contributed by atoms with Crippen LogP contribution in [-0.2, 0) is 4.74 Å². The third-order valence-electron chi connectivity index (χ3n) is 4.61. The first kappa shape index (κ1) is 13.1. The second-order valence-corrected chi connectivity index (χ2v) is 5.83. The van der Waals surface area contributed by atoms with Crippen molar-refractivity contribution in [3.05, 3.63) is 35.9 Å². The summed E-state index contributed by atoms with van der Waals surface area (Å²) in [6.45, 7) is 4.54. The monoisotopic (exact) mass is 260 g/mol. The van der Waals surface area contributed by atoms with Crippen LogP contribution in [0.5, 0.6) is 0 Å². The summed E-state index contributed by atoms with van der Waals surface area (Å²) in [7, 11) is 1.79. The Balaban J connectivity index is 1.68. The minimum atomic E-state index is 0.316. The van der Waals surface area contributed by atoms with Crippen molar-refractivity contribution in [3.8, 4) is 0 Å². The largest absolute Gasteiger partial charge is 0.383 e. The van der Waals surface area contributed by atoms with E-state index < -0.39 is 0 Å². The van der Waals surface area contributed by atoms with Crippen LogP contribution in [0.1, 0.15) is 24.4 Å². The summed E-state index contributed by atoms with van der Waals surface area (Å²) in [6.07, 6.45) is 2.71. The van der Waals surface area contributed by atoms with Gasteiger partial charge in [0.15, 0.2) is 0 Å². The Kier molecular flexibility index (Phi) is 4.16. The molecule has 0 aromatic heterocycles. The van der Waals surface area contributed by atoms with Crippen LogP contribution in [0.3, 0.4) is 0 Å². The normalized spacial score (nSPS) is 31.3. The van der Waals surface area contributed by atoms with Gasteiger partial charge in [-0.05, 0) is 37.4 Å². The van der Waals surface area contributed by atoms with E-state index in [1.165, 1.54) is 38.0 Å². The van der Waals surface area contributed by atoms with Gasteiger partial charge >= 0.3 is 0 Å². The molecule has 19 heavy (non-hydrogen) atoms. The molecule has 3 saturated heterocycles. The van der Waals surface area contributed by atoms with Crippen molar-refractivity contribution < 1.29 is 4.74 Å². The van der Waals surface area contributed by atoms with E-state index in [1.54, 1.807) is 7.11 Å². The second-order valence-electron chi connectivity index (χ2n) is 5.83. The SMILES string of the molecule is COCC(NC1CN2CCC1CC2)c1ccccc1. The van der Waals surface area contributed by atoms with E-state index in [0.717, 1.165) is 12.5 Å². The Labute approximate surface area is 115 Å². The van der Waals surface area contributed by atoms with Gasteiger partial charge in [-0.3, -0.25) is 0 Å². The second kappa shape index (κ2) is 6.04. The fraction of sp³-hybridized carbons (Fsp3) is 0.625. The molecule has 0 amide bonds. The van der Waals surface area contributed by atoms with Crippen LogP contribution in [0, 0.1) is 5.92 Å². The van der Waals surface area contributed by atoms with E-state index in [9.17, 15) is 0 Å². The molecule has 3 aliphatic heterocycles. The topological polar surface area (TPSA) is 24.5 Å². The first-order valence-corrected chi connectivity index (χ1v) is 7.39. The highest BCUT2D eigenvalue weighted by molar-refractivity contribution is 5.19. The van der Waals surface area contributed by atoms with Gasteiger partial charge in [0.2, 0.25) is 0 Å². The third kappa shape index (κ3) is 2.99. The smallest absolute Gasteiger partial charge is 0.0657 e. The summed E-state index contributed by atoms with van der Waals surface area (Å²) in [5.41, 5.74) is 1.33. The lowest BCUT2D eigenvalue weighted by Gasteiger charge is -2.46. The van der Waals surface area contributed by atoms with E-state index in [4.69, 9.17) is 4.74 Å². The lowest BCUT2D eigenvalue weighted by Crippen LogP contribution is -2.56. The Morgan fingerprint density at radius 3 is 2.58 bits per heavy atom. The zero-order valence-corrected chi connectivity index (χ0v) is 11.7. The fourth-order valence-corrected chi connectivity index (χ4v) is 3.50. The van der Waals surface area contributed by atoms with Crippen LogP contribution in [-0.4, -0.2) is 44.3 Å². The highest BCUT2D eigenvalue weighted by Gasteiger charge is 2.35. The highest BCUT2D eigenvalue weighted by atomic mass is 16.5. The molecule has 1 aromatic rings. The number of methoxy groups -OCH3 is 1. The molecule has 0 saturated carbocycles. The molecule has 0 radical (unpaired) electrons. The molecule has 3 aliphatic rings. The molecule has 2 unspecified atom stereocenters. The molecule has 1 aromatic carbocycles. The van der Waals surface area contributed by atoms with Crippen molar-refractivity contribution in [2.45, 2.75) is 24.9 Å². The first-order valence-electron chi connectivity index (χ1n) is 7.39. The molecule has 0 aliphatic carbocycles. The number of fused-ring (bicyclic) bond motifs is 3. The number of nitrogens with zero attached hydrogens (tertiary/aromatic N) is 1. The van der Waals surface area contributed by atoms with Crippen LogP contribution < -0.4 is 5.32 Å². The average molecular weight is 260 g/mol. The number of hydrogen-bond donors (Lipinski definition) is 1. The van der Waals surface area contributed by atoms with Crippen molar-refractivity contribution in [3.63, 3.8) is 0 Å². The van der Waals surface area contributed by atoms with Crippen molar-refractivity contribution >= 4 is 0 Å². The Hall–Kier alpha value is -0.900. The summed E-state index contributed by atoms with van der Waals surface area (Å²) >= 11 is 0. The fourth-order valence-electron chi connectivity index (χ4n) is 3.50. The molecular formula is C16H24N2O. The maximum absolute atomic E-state index is 5.40. The van der Waals surface area contributed by atoms with Gasteiger partial charge < -0.3 is 15.0 Å². The standard InChI is InChI=1S/C16H24N2O/c1-19-12-16(13-5-3-2-4-6-13)17-15-11-18-9-7-14(15)8-10-18/h2-6,14-17H,7-12H2,1H3. The molecule has 3 heterocycles.